The van der Waals surface area contributed by atoms with E-state index in [1.54, 1.807) is 16.7 Å². The zero-order valence-electron chi connectivity index (χ0n) is 12.7. The molecule has 0 radical (unpaired) electrons. The topological polar surface area (TPSA) is 76.9 Å². The van der Waals surface area contributed by atoms with Crippen LogP contribution in [0.4, 0.5) is 0 Å². The molecule has 0 aliphatic heterocycles. The third-order valence-electron chi connectivity index (χ3n) is 4.03. The Morgan fingerprint density at radius 2 is 2.30 bits per heavy atom. The molecule has 0 spiro atoms. The highest BCUT2D eigenvalue weighted by Gasteiger charge is 2.23. The number of pyridine rings is 1. The lowest BCUT2D eigenvalue weighted by molar-refractivity contribution is 0.0928. The van der Waals surface area contributed by atoms with Crippen molar-refractivity contribution in [2.75, 3.05) is 0 Å². The zero-order chi connectivity index (χ0) is 16.2. The van der Waals surface area contributed by atoms with E-state index in [1.165, 1.54) is 18.6 Å². The summed E-state index contributed by atoms with van der Waals surface area (Å²) in [7, 11) is 0. The molecule has 2 aromatic rings. The Kier molecular flexibility index (Phi) is 4.32. The lowest BCUT2D eigenvalue weighted by Gasteiger charge is -2.27. The van der Waals surface area contributed by atoms with Crippen LogP contribution in [0, 0.1) is 0 Å². The highest BCUT2D eigenvalue weighted by atomic mass is 16.2. The molecular formula is C17H18N4O2. The summed E-state index contributed by atoms with van der Waals surface area (Å²) in [6.45, 7) is 4.22. The minimum absolute atomic E-state index is 0.00862. The van der Waals surface area contributed by atoms with E-state index < -0.39 is 0 Å². The van der Waals surface area contributed by atoms with Crippen LogP contribution in [0.5, 0.6) is 0 Å². The van der Waals surface area contributed by atoms with Crippen LogP contribution in [0.1, 0.15) is 28.2 Å². The van der Waals surface area contributed by atoms with Crippen molar-refractivity contribution in [3.63, 3.8) is 0 Å². The van der Waals surface area contributed by atoms with Crippen molar-refractivity contribution in [3.8, 4) is 0 Å². The lowest BCUT2D eigenvalue weighted by Crippen LogP contribution is -2.40. The van der Waals surface area contributed by atoms with Gasteiger partial charge in [0.2, 0.25) is 0 Å². The van der Waals surface area contributed by atoms with Gasteiger partial charge < -0.3 is 9.88 Å². The molecule has 0 bridgehead atoms. The van der Waals surface area contributed by atoms with E-state index in [4.69, 9.17) is 0 Å². The van der Waals surface area contributed by atoms with Gasteiger partial charge in [0.1, 0.15) is 5.69 Å². The molecule has 1 atom stereocenters. The summed E-state index contributed by atoms with van der Waals surface area (Å²) in [4.78, 5) is 32.0. The van der Waals surface area contributed by atoms with E-state index in [1.807, 2.05) is 6.07 Å². The number of rotatable bonds is 4. The van der Waals surface area contributed by atoms with E-state index >= 15 is 0 Å². The first-order valence-electron chi connectivity index (χ1n) is 7.58. The first-order valence-corrected chi connectivity index (χ1v) is 7.58. The van der Waals surface area contributed by atoms with Crippen molar-refractivity contribution in [3.05, 3.63) is 70.7 Å². The van der Waals surface area contributed by atoms with Crippen LogP contribution in [-0.4, -0.2) is 26.5 Å². The second-order valence-electron chi connectivity index (χ2n) is 5.55. The molecule has 23 heavy (non-hydrogen) atoms. The summed E-state index contributed by atoms with van der Waals surface area (Å²) in [6.07, 6.45) is 8.46. The van der Waals surface area contributed by atoms with Gasteiger partial charge in [-0.1, -0.05) is 12.1 Å². The largest absolute Gasteiger partial charge is 0.348 e. The molecule has 118 valence electrons. The minimum atomic E-state index is -0.217. The lowest BCUT2D eigenvalue weighted by atomic mass is 9.91. The first kappa shape index (κ1) is 15.1. The van der Waals surface area contributed by atoms with Crippen LogP contribution in [0.15, 0.2) is 48.2 Å². The van der Waals surface area contributed by atoms with Gasteiger partial charge in [0.05, 0.1) is 6.20 Å². The second-order valence-corrected chi connectivity index (χ2v) is 5.55. The Labute approximate surface area is 133 Å². The molecule has 1 unspecified atom stereocenters. The summed E-state index contributed by atoms with van der Waals surface area (Å²) in [5, 5.41) is 2.99. The quantitative estimate of drug-likeness (QED) is 0.858. The number of nitrogens with zero attached hydrogens (tertiary/aromatic N) is 3. The number of aromatic nitrogens is 3. The van der Waals surface area contributed by atoms with E-state index in [9.17, 15) is 9.59 Å². The zero-order valence-corrected chi connectivity index (χ0v) is 12.7. The molecule has 0 aromatic carbocycles. The van der Waals surface area contributed by atoms with Gasteiger partial charge in [-0.25, -0.2) is 4.98 Å². The third-order valence-corrected chi connectivity index (χ3v) is 4.03. The summed E-state index contributed by atoms with van der Waals surface area (Å²) in [5.41, 5.74) is 2.45. The number of hydrogen-bond donors (Lipinski definition) is 1. The fourth-order valence-electron chi connectivity index (χ4n) is 2.95. The Balaban J connectivity index is 1.76. The summed E-state index contributed by atoms with van der Waals surface area (Å²) < 4.78 is 1.75. The van der Waals surface area contributed by atoms with Crippen molar-refractivity contribution in [1.82, 2.24) is 19.9 Å². The highest BCUT2D eigenvalue weighted by molar-refractivity contribution is 5.92. The molecule has 2 aromatic heterocycles. The molecule has 1 N–H and O–H groups in total. The predicted octanol–water partition coefficient (Wildman–Crippen LogP) is 1.11. The van der Waals surface area contributed by atoms with Gasteiger partial charge in [-0.2, -0.15) is 0 Å². The van der Waals surface area contributed by atoms with Gasteiger partial charge in [-0.3, -0.25) is 14.6 Å². The van der Waals surface area contributed by atoms with Crippen molar-refractivity contribution in [1.29, 1.82) is 0 Å². The predicted molar refractivity (Wildman–Crippen MR) is 86.2 cm³/mol. The maximum Gasteiger partial charge on any atom is 0.271 e. The number of carbonyl (C=O) groups is 1. The van der Waals surface area contributed by atoms with Crippen molar-refractivity contribution in [2.45, 2.75) is 31.8 Å². The van der Waals surface area contributed by atoms with Gasteiger partial charge in [0.15, 0.2) is 0 Å². The van der Waals surface area contributed by atoms with E-state index in [0.29, 0.717) is 18.7 Å². The molecule has 3 rings (SSSR count). The monoisotopic (exact) mass is 310 g/mol. The SMILES string of the molecule is C=CCn1c2c(ccc1=O)CC(NC(=O)c1cnccn1)CC2. The molecule has 6 nitrogen and oxygen atoms in total. The maximum atomic E-state index is 12.2. The Bertz CT molecular complexity index is 783. The van der Waals surface area contributed by atoms with Crippen LogP contribution < -0.4 is 10.9 Å². The summed E-state index contributed by atoms with van der Waals surface area (Å²) in [6, 6.07) is 3.47. The Morgan fingerprint density at radius 1 is 1.43 bits per heavy atom. The van der Waals surface area contributed by atoms with Crippen molar-refractivity contribution < 1.29 is 4.79 Å². The van der Waals surface area contributed by atoms with Gasteiger partial charge in [0.25, 0.3) is 11.5 Å². The van der Waals surface area contributed by atoms with Gasteiger partial charge in [-0.05, 0) is 24.8 Å². The number of carbonyl (C=O) groups excluding carboxylic acids is 1. The number of allylic oxidation sites excluding steroid dienone is 1. The second kappa shape index (κ2) is 6.56. The molecule has 0 fully saturated rings. The standard InChI is InChI=1S/C17H18N4O2/c1-2-9-21-15-5-4-13(10-12(15)3-6-16(21)22)20-17(23)14-11-18-7-8-19-14/h2-3,6-8,11,13H,1,4-5,9-10H2,(H,20,23). The van der Waals surface area contributed by atoms with E-state index in [0.717, 1.165) is 24.1 Å². The Hall–Kier alpha value is -2.76. The van der Waals surface area contributed by atoms with Crippen LogP contribution >= 0.6 is 0 Å². The molecule has 0 saturated heterocycles. The fourth-order valence-corrected chi connectivity index (χ4v) is 2.95. The van der Waals surface area contributed by atoms with Gasteiger partial charge in [0, 0.05) is 36.7 Å². The molecule has 1 aliphatic carbocycles. The third kappa shape index (κ3) is 3.21. The number of fused-ring (bicyclic) bond motifs is 1. The van der Waals surface area contributed by atoms with Gasteiger partial charge >= 0.3 is 0 Å². The maximum absolute atomic E-state index is 12.2. The summed E-state index contributed by atoms with van der Waals surface area (Å²) in [5.74, 6) is -0.217. The van der Waals surface area contributed by atoms with Crippen LogP contribution in [-0.2, 0) is 19.4 Å². The van der Waals surface area contributed by atoms with Crippen LogP contribution in [0.2, 0.25) is 0 Å². The highest BCUT2D eigenvalue weighted by Crippen LogP contribution is 2.20. The smallest absolute Gasteiger partial charge is 0.271 e. The Morgan fingerprint density at radius 3 is 3.04 bits per heavy atom. The molecular weight excluding hydrogens is 292 g/mol. The fraction of sp³-hybridized carbons (Fsp3) is 0.294. The normalized spacial score (nSPS) is 16.4. The number of hydrogen-bond acceptors (Lipinski definition) is 4. The minimum Gasteiger partial charge on any atom is -0.348 e. The molecule has 1 amide bonds. The van der Waals surface area contributed by atoms with Crippen molar-refractivity contribution >= 4 is 5.91 Å². The summed E-state index contributed by atoms with van der Waals surface area (Å²) >= 11 is 0. The molecule has 6 heteroatoms. The first-order chi connectivity index (χ1) is 11.2. The van der Waals surface area contributed by atoms with Crippen LogP contribution in [0.25, 0.3) is 0 Å². The average molecular weight is 310 g/mol. The molecule has 0 saturated carbocycles. The van der Waals surface area contributed by atoms with E-state index in [-0.39, 0.29) is 17.5 Å². The van der Waals surface area contributed by atoms with Crippen molar-refractivity contribution in [2.24, 2.45) is 0 Å². The van der Waals surface area contributed by atoms with Gasteiger partial charge in [-0.15, -0.1) is 6.58 Å². The van der Waals surface area contributed by atoms with Crippen LogP contribution in [0.3, 0.4) is 0 Å². The average Bonchev–Trinajstić information content (AvgIpc) is 2.58. The van der Waals surface area contributed by atoms with E-state index in [2.05, 4.69) is 21.9 Å². The molecule has 1 aliphatic rings. The number of nitrogens with one attached hydrogen (secondary N) is 1. The number of amides is 1. The molecule has 2 heterocycles.